The molecule has 10 N–H and O–H groups in total. The first-order chi connectivity index (χ1) is 11.8. The Kier molecular flexibility index (Phi) is 18.4. The van der Waals surface area contributed by atoms with E-state index in [9.17, 15) is 19.2 Å². The van der Waals surface area contributed by atoms with Gasteiger partial charge in [0, 0.05) is 12.2 Å². The molecule has 3 atom stereocenters. The zero-order valence-electron chi connectivity index (χ0n) is 14.7. The lowest BCUT2D eigenvalue weighted by Crippen LogP contribution is -2.34. The highest BCUT2D eigenvalue weighted by atomic mass is 32.1. The van der Waals surface area contributed by atoms with Crippen molar-refractivity contribution in [1.82, 2.24) is 0 Å². The van der Waals surface area contributed by atoms with Gasteiger partial charge in [0.05, 0.1) is 0 Å². The van der Waals surface area contributed by atoms with Crippen molar-refractivity contribution in [2.24, 2.45) is 23.1 Å². The number of carboxylic acid groups (broad SMARTS) is 4. The number of rotatable bonds is 9. The van der Waals surface area contributed by atoms with Crippen LogP contribution in [0.4, 0.5) is 0 Å². The molecule has 0 spiro atoms. The third-order valence-corrected chi connectivity index (χ3v) is 3.13. The van der Waals surface area contributed by atoms with E-state index < -0.39 is 42.0 Å². The van der Waals surface area contributed by atoms with Gasteiger partial charge in [0.1, 0.15) is 18.1 Å². The Morgan fingerprint density at radius 3 is 1.42 bits per heavy atom. The first kappa shape index (κ1) is 28.9. The fourth-order valence-electron chi connectivity index (χ4n) is 0.960. The zero-order valence-corrected chi connectivity index (χ0v) is 15.6. The van der Waals surface area contributed by atoms with Crippen molar-refractivity contribution < 1.29 is 39.6 Å². The lowest BCUT2D eigenvalue weighted by Gasteiger charge is -2.07. The second-order valence-corrected chi connectivity index (χ2v) is 5.83. The molecule has 0 heterocycles. The molecule has 0 bridgehead atoms. The summed E-state index contributed by atoms with van der Waals surface area (Å²) in [5.74, 6) is -3.74. The van der Waals surface area contributed by atoms with E-state index in [0.29, 0.717) is 6.42 Å². The van der Waals surface area contributed by atoms with E-state index in [1.807, 2.05) is 0 Å². The lowest BCUT2D eigenvalue weighted by atomic mass is 10.1. The van der Waals surface area contributed by atoms with Crippen molar-refractivity contribution in [3.05, 3.63) is 0 Å². The van der Waals surface area contributed by atoms with E-state index in [4.69, 9.17) is 37.6 Å². The number of carboxylic acids is 4. The maximum Gasteiger partial charge on any atom is 0.321 e. The molecule has 0 radical (unpaired) electrons. The molecule has 0 saturated heterocycles. The summed E-state index contributed by atoms with van der Waals surface area (Å²) in [6, 6.07) is -2.47. The number of hydrogen-bond donors (Lipinski definition) is 8. The van der Waals surface area contributed by atoms with Gasteiger partial charge in [-0.1, -0.05) is 13.8 Å². The molecule has 0 rings (SSSR count). The standard InChI is InChI=1S/C6H11NO4.C5H11NO2.C3H7NO2S/c7-4(6(10)11)2-1-3-5(8)9;1-3(2)4(6)5(7)8;4-2(1-7)3(5)6/h4H,1-3,7H2,(H,8,9)(H,10,11);3-4H,6H2,1-2H3,(H,7,8);2,7H,1,4H2,(H,5,6)/t2*4-;2-/m000/s1. The first-order valence-corrected chi connectivity index (χ1v) is 8.18. The summed E-state index contributed by atoms with van der Waals surface area (Å²) in [6.07, 6.45) is 0.491. The molecule has 0 aliphatic carbocycles. The van der Waals surface area contributed by atoms with Crippen LogP contribution in [0.5, 0.6) is 0 Å². The van der Waals surface area contributed by atoms with Crippen LogP contribution in [0.2, 0.25) is 0 Å². The lowest BCUT2D eigenvalue weighted by molar-refractivity contribution is -0.140. The van der Waals surface area contributed by atoms with Crippen LogP contribution < -0.4 is 17.2 Å². The average molecular weight is 399 g/mol. The molecule has 26 heavy (non-hydrogen) atoms. The number of carbonyl (C=O) groups is 4. The second-order valence-electron chi connectivity index (χ2n) is 5.47. The molecule has 0 fully saturated rings. The van der Waals surface area contributed by atoms with E-state index in [-0.39, 0.29) is 24.5 Å². The Morgan fingerprint density at radius 2 is 1.27 bits per heavy atom. The van der Waals surface area contributed by atoms with Crippen molar-refractivity contribution in [3.8, 4) is 0 Å². The third-order valence-electron chi connectivity index (χ3n) is 2.74. The summed E-state index contributed by atoms with van der Waals surface area (Å²) in [6.45, 7) is 3.55. The van der Waals surface area contributed by atoms with Gasteiger partial charge in [-0.3, -0.25) is 19.2 Å². The highest BCUT2D eigenvalue weighted by molar-refractivity contribution is 7.80. The van der Waals surface area contributed by atoms with Gasteiger partial charge in [0.2, 0.25) is 0 Å². The van der Waals surface area contributed by atoms with E-state index in [0.717, 1.165) is 0 Å². The summed E-state index contributed by atoms with van der Waals surface area (Å²) in [5.41, 5.74) is 15.2. The van der Waals surface area contributed by atoms with Gasteiger partial charge in [-0.15, -0.1) is 0 Å². The third kappa shape index (κ3) is 20.2. The molecule has 0 aromatic heterocycles. The highest BCUT2D eigenvalue weighted by Gasteiger charge is 2.14. The Bertz CT molecular complexity index is 448. The Morgan fingerprint density at radius 1 is 0.846 bits per heavy atom. The predicted octanol–water partition coefficient (Wildman–Crippen LogP) is -0.964. The monoisotopic (exact) mass is 399 g/mol. The van der Waals surface area contributed by atoms with Crippen molar-refractivity contribution in [2.45, 2.75) is 51.2 Å². The Hall–Kier alpha value is -1.89. The van der Waals surface area contributed by atoms with Crippen LogP contribution in [0, 0.1) is 5.92 Å². The minimum Gasteiger partial charge on any atom is -0.481 e. The smallest absolute Gasteiger partial charge is 0.321 e. The summed E-state index contributed by atoms with van der Waals surface area (Å²) in [7, 11) is 0. The van der Waals surface area contributed by atoms with Crippen LogP contribution in [0.1, 0.15) is 33.1 Å². The summed E-state index contributed by atoms with van der Waals surface area (Å²) >= 11 is 3.65. The fraction of sp³-hybridized carbons (Fsp3) is 0.714. The maximum absolute atomic E-state index is 10.1. The predicted molar refractivity (Wildman–Crippen MR) is 97.0 cm³/mol. The second kappa shape index (κ2) is 16.6. The van der Waals surface area contributed by atoms with Crippen LogP contribution in [0.3, 0.4) is 0 Å². The molecule has 0 aliphatic heterocycles. The largest absolute Gasteiger partial charge is 0.481 e. The van der Waals surface area contributed by atoms with Crippen LogP contribution in [0.15, 0.2) is 0 Å². The van der Waals surface area contributed by atoms with Crippen LogP contribution in [-0.4, -0.2) is 68.2 Å². The van der Waals surface area contributed by atoms with Gasteiger partial charge in [0.25, 0.3) is 0 Å². The van der Waals surface area contributed by atoms with Crippen molar-refractivity contribution >= 4 is 36.5 Å². The van der Waals surface area contributed by atoms with E-state index in [1.54, 1.807) is 13.8 Å². The van der Waals surface area contributed by atoms with Crippen LogP contribution >= 0.6 is 12.6 Å². The van der Waals surface area contributed by atoms with E-state index in [1.165, 1.54) is 0 Å². The van der Waals surface area contributed by atoms with Crippen molar-refractivity contribution in [2.75, 3.05) is 5.75 Å². The van der Waals surface area contributed by atoms with Gasteiger partial charge in [0.15, 0.2) is 0 Å². The van der Waals surface area contributed by atoms with Crippen LogP contribution in [0.25, 0.3) is 0 Å². The summed E-state index contributed by atoms with van der Waals surface area (Å²) in [4.78, 5) is 39.8. The number of nitrogens with two attached hydrogens (primary N) is 3. The summed E-state index contributed by atoms with van der Waals surface area (Å²) < 4.78 is 0. The van der Waals surface area contributed by atoms with Gasteiger partial charge in [-0.25, -0.2) is 0 Å². The summed E-state index contributed by atoms with van der Waals surface area (Å²) in [5, 5.41) is 32.7. The first-order valence-electron chi connectivity index (χ1n) is 7.55. The quantitative estimate of drug-likeness (QED) is 0.220. The molecule has 0 saturated carbocycles. The normalized spacial score (nSPS) is 13.2. The Labute approximate surface area is 156 Å². The SMILES string of the molecule is CC(C)[C@H](N)C(=O)O.N[C@@H](CCCC(=O)O)C(=O)O.N[C@@H](CS)C(=O)O. The fourth-order valence-corrected chi connectivity index (χ4v) is 1.12. The molecule has 0 amide bonds. The van der Waals surface area contributed by atoms with Gasteiger partial charge >= 0.3 is 23.9 Å². The average Bonchev–Trinajstić information content (AvgIpc) is 2.53. The molecule has 0 unspecified atom stereocenters. The molecular formula is C14H29N3O8S. The molecule has 12 heteroatoms. The van der Waals surface area contributed by atoms with Gasteiger partial charge in [-0.2, -0.15) is 12.6 Å². The number of aliphatic carboxylic acids is 4. The molecular weight excluding hydrogens is 370 g/mol. The molecule has 0 aromatic rings. The molecule has 0 aliphatic rings. The minimum atomic E-state index is -1.09. The zero-order chi connectivity index (χ0) is 21.4. The molecule has 154 valence electrons. The van der Waals surface area contributed by atoms with E-state index in [2.05, 4.69) is 12.6 Å². The van der Waals surface area contributed by atoms with Gasteiger partial charge < -0.3 is 37.6 Å². The Balaban J connectivity index is -0.000000315. The number of thiol groups is 1. The van der Waals surface area contributed by atoms with E-state index >= 15 is 0 Å². The topological polar surface area (TPSA) is 227 Å². The molecule has 0 aromatic carbocycles. The highest BCUT2D eigenvalue weighted by Crippen LogP contribution is 1.98. The van der Waals surface area contributed by atoms with Crippen molar-refractivity contribution in [3.63, 3.8) is 0 Å². The van der Waals surface area contributed by atoms with Crippen molar-refractivity contribution in [1.29, 1.82) is 0 Å². The minimum absolute atomic E-state index is 0.0208. The van der Waals surface area contributed by atoms with Gasteiger partial charge in [-0.05, 0) is 18.8 Å². The molecule has 11 nitrogen and oxygen atoms in total. The number of hydrogen-bond acceptors (Lipinski definition) is 8. The maximum atomic E-state index is 10.1. The van der Waals surface area contributed by atoms with Crippen LogP contribution in [-0.2, 0) is 19.2 Å².